The van der Waals surface area contributed by atoms with Crippen molar-refractivity contribution < 1.29 is 9.18 Å². The summed E-state index contributed by atoms with van der Waals surface area (Å²) in [6.07, 6.45) is 0.689. The minimum Gasteiger partial charge on any atom is -0.356 e. The minimum atomic E-state index is -0.244. The normalized spacial score (nSPS) is 16.9. The largest absolute Gasteiger partial charge is 0.356 e. The molecule has 4 aromatic rings. The van der Waals surface area contributed by atoms with E-state index in [2.05, 4.69) is 9.97 Å². The Hall–Kier alpha value is -3.08. The number of aryl methyl sites for hydroxylation is 1. The summed E-state index contributed by atoms with van der Waals surface area (Å²) in [7, 11) is 0. The van der Waals surface area contributed by atoms with Gasteiger partial charge in [-0.15, -0.1) is 0 Å². The molecular formula is C22H20FN3O. The predicted octanol–water partition coefficient (Wildman–Crippen LogP) is 4.68. The number of halogens is 1. The lowest BCUT2D eigenvalue weighted by molar-refractivity contribution is 0.0653. The van der Waals surface area contributed by atoms with Crippen molar-refractivity contribution >= 4 is 27.7 Å². The monoisotopic (exact) mass is 361 g/mol. The van der Waals surface area contributed by atoms with Crippen LogP contribution in [0.1, 0.15) is 34.2 Å². The average molecular weight is 361 g/mol. The maximum Gasteiger partial charge on any atom is 0.270 e. The van der Waals surface area contributed by atoms with E-state index in [4.69, 9.17) is 0 Å². The second-order valence-electron chi connectivity index (χ2n) is 7.45. The third-order valence-electron chi connectivity index (χ3n) is 5.69. The lowest BCUT2D eigenvalue weighted by Gasteiger charge is -2.33. The highest BCUT2D eigenvalue weighted by Crippen LogP contribution is 2.34. The number of nitrogens with zero attached hydrogens (tertiary/aromatic N) is 1. The summed E-state index contributed by atoms with van der Waals surface area (Å²) >= 11 is 0. The summed E-state index contributed by atoms with van der Waals surface area (Å²) in [5, 5.41) is 1.93. The van der Waals surface area contributed by atoms with Crippen molar-refractivity contribution in [1.82, 2.24) is 14.9 Å². The molecule has 0 spiro atoms. The number of amides is 1. The van der Waals surface area contributed by atoms with Crippen LogP contribution in [0, 0.1) is 12.7 Å². The summed E-state index contributed by atoms with van der Waals surface area (Å²) < 4.78 is 14.3. The molecule has 0 aliphatic carbocycles. The number of carbonyl (C=O) groups excluding carboxylic acids is 1. The minimum absolute atomic E-state index is 0.0206. The van der Waals surface area contributed by atoms with Gasteiger partial charge in [-0.1, -0.05) is 24.3 Å². The number of rotatable bonds is 1. The second kappa shape index (κ2) is 5.71. The number of hydrogen-bond acceptors (Lipinski definition) is 1. The van der Waals surface area contributed by atoms with Crippen molar-refractivity contribution in [3.63, 3.8) is 0 Å². The molecular weight excluding hydrogens is 341 g/mol. The molecule has 0 saturated heterocycles. The number of aromatic amines is 2. The fourth-order valence-electron chi connectivity index (χ4n) is 4.27. The van der Waals surface area contributed by atoms with Crippen LogP contribution in [0.4, 0.5) is 4.39 Å². The smallest absolute Gasteiger partial charge is 0.270 e. The van der Waals surface area contributed by atoms with E-state index in [-0.39, 0.29) is 17.8 Å². The number of aromatic nitrogens is 2. The van der Waals surface area contributed by atoms with Gasteiger partial charge in [0.2, 0.25) is 0 Å². The predicted molar refractivity (Wildman–Crippen MR) is 104 cm³/mol. The number of H-pyrrole nitrogens is 2. The van der Waals surface area contributed by atoms with Gasteiger partial charge in [0, 0.05) is 46.6 Å². The topological polar surface area (TPSA) is 51.9 Å². The highest BCUT2D eigenvalue weighted by atomic mass is 19.1. The van der Waals surface area contributed by atoms with Crippen LogP contribution in [0.15, 0.2) is 42.5 Å². The Morgan fingerprint density at radius 3 is 2.81 bits per heavy atom. The SMILES string of the molecule is Cc1ccc(F)c2[nH]c3c(c12)CN(C(=O)c1cc2ccccc2[nH]1)[C@H](C)C3. The van der Waals surface area contributed by atoms with Crippen molar-refractivity contribution in [3.8, 4) is 0 Å². The van der Waals surface area contributed by atoms with Crippen molar-refractivity contribution in [2.75, 3.05) is 0 Å². The lowest BCUT2D eigenvalue weighted by atomic mass is 9.97. The van der Waals surface area contributed by atoms with Crippen LogP contribution in [0.3, 0.4) is 0 Å². The molecule has 2 aromatic carbocycles. The zero-order chi connectivity index (χ0) is 18.7. The molecule has 2 aromatic heterocycles. The Labute approximate surface area is 156 Å². The highest BCUT2D eigenvalue weighted by Gasteiger charge is 2.31. The van der Waals surface area contributed by atoms with Crippen LogP contribution in [-0.2, 0) is 13.0 Å². The zero-order valence-corrected chi connectivity index (χ0v) is 15.3. The number of benzene rings is 2. The maximum absolute atomic E-state index is 14.3. The first-order valence-electron chi connectivity index (χ1n) is 9.20. The highest BCUT2D eigenvalue weighted by molar-refractivity contribution is 5.99. The molecule has 1 aliphatic rings. The van der Waals surface area contributed by atoms with E-state index in [1.165, 1.54) is 6.07 Å². The number of fused-ring (bicyclic) bond motifs is 4. The summed E-state index contributed by atoms with van der Waals surface area (Å²) in [4.78, 5) is 21.6. The molecule has 0 fully saturated rings. The first-order valence-corrected chi connectivity index (χ1v) is 9.20. The van der Waals surface area contributed by atoms with E-state index in [9.17, 15) is 9.18 Å². The zero-order valence-electron chi connectivity index (χ0n) is 15.3. The summed E-state index contributed by atoms with van der Waals surface area (Å²) in [6.45, 7) is 4.50. The Morgan fingerprint density at radius 1 is 1.19 bits per heavy atom. The average Bonchev–Trinajstić information content (AvgIpc) is 3.25. The molecule has 1 atom stereocenters. The van der Waals surface area contributed by atoms with Gasteiger partial charge in [0.15, 0.2) is 0 Å². The second-order valence-corrected chi connectivity index (χ2v) is 7.45. The standard InChI is InChI=1S/C22H20FN3O/c1-12-7-8-16(23)21-20(12)15-11-26(13(2)9-18(15)25-21)22(27)19-10-14-5-3-4-6-17(14)24-19/h3-8,10,13,24-25H,9,11H2,1-2H3/t13-/m1/s1. The van der Waals surface area contributed by atoms with Gasteiger partial charge >= 0.3 is 0 Å². The third kappa shape index (κ3) is 2.38. The van der Waals surface area contributed by atoms with Crippen molar-refractivity contribution in [2.24, 2.45) is 0 Å². The molecule has 5 rings (SSSR count). The van der Waals surface area contributed by atoms with Gasteiger partial charge in [-0.05, 0) is 37.6 Å². The number of hydrogen-bond donors (Lipinski definition) is 2. The summed E-state index contributed by atoms with van der Waals surface area (Å²) in [5.41, 5.74) is 5.19. The van der Waals surface area contributed by atoms with Gasteiger partial charge in [0.05, 0.1) is 5.52 Å². The summed E-state index contributed by atoms with van der Waals surface area (Å²) in [5.74, 6) is -0.265. The van der Waals surface area contributed by atoms with Gasteiger partial charge in [0.1, 0.15) is 11.5 Å². The molecule has 3 heterocycles. The van der Waals surface area contributed by atoms with Crippen LogP contribution in [-0.4, -0.2) is 26.8 Å². The number of para-hydroxylation sites is 1. The molecule has 1 aliphatic heterocycles. The van der Waals surface area contributed by atoms with Crippen LogP contribution >= 0.6 is 0 Å². The van der Waals surface area contributed by atoms with E-state index in [1.54, 1.807) is 6.07 Å². The van der Waals surface area contributed by atoms with Gasteiger partial charge in [-0.3, -0.25) is 4.79 Å². The molecule has 0 radical (unpaired) electrons. The fraction of sp³-hybridized carbons (Fsp3) is 0.227. The molecule has 0 saturated carbocycles. The van der Waals surface area contributed by atoms with Crippen LogP contribution in [0.25, 0.3) is 21.8 Å². The Kier molecular flexibility index (Phi) is 3.41. The van der Waals surface area contributed by atoms with E-state index in [1.807, 2.05) is 49.1 Å². The van der Waals surface area contributed by atoms with E-state index >= 15 is 0 Å². The van der Waals surface area contributed by atoms with Crippen LogP contribution in [0.2, 0.25) is 0 Å². The van der Waals surface area contributed by atoms with Gasteiger partial charge < -0.3 is 14.9 Å². The van der Waals surface area contributed by atoms with E-state index < -0.39 is 0 Å². The molecule has 5 heteroatoms. The van der Waals surface area contributed by atoms with Crippen LogP contribution in [0.5, 0.6) is 0 Å². The Balaban J connectivity index is 1.57. The first kappa shape index (κ1) is 16.1. The Bertz CT molecular complexity index is 1170. The maximum atomic E-state index is 14.3. The molecule has 4 nitrogen and oxygen atoms in total. The molecule has 0 bridgehead atoms. The van der Waals surface area contributed by atoms with E-state index in [0.29, 0.717) is 24.2 Å². The van der Waals surface area contributed by atoms with Gasteiger partial charge in [-0.25, -0.2) is 4.39 Å². The van der Waals surface area contributed by atoms with Crippen LogP contribution < -0.4 is 0 Å². The number of nitrogens with one attached hydrogen (secondary N) is 2. The fourth-order valence-corrected chi connectivity index (χ4v) is 4.27. The lowest BCUT2D eigenvalue weighted by Crippen LogP contribution is -2.42. The molecule has 27 heavy (non-hydrogen) atoms. The molecule has 2 N–H and O–H groups in total. The first-order chi connectivity index (χ1) is 13.0. The van der Waals surface area contributed by atoms with Crippen molar-refractivity contribution in [1.29, 1.82) is 0 Å². The quantitative estimate of drug-likeness (QED) is 0.508. The van der Waals surface area contributed by atoms with Crippen molar-refractivity contribution in [3.05, 3.63) is 70.8 Å². The number of carbonyl (C=O) groups is 1. The molecule has 136 valence electrons. The molecule has 0 unspecified atom stereocenters. The molecule has 1 amide bonds. The Morgan fingerprint density at radius 2 is 2.00 bits per heavy atom. The summed E-state index contributed by atoms with van der Waals surface area (Å²) in [6, 6.07) is 13.1. The van der Waals surface area contributed by atoms with Crippen molar-refractivity contribution in [2.45, 2.75) is 32.9 Å². The van der Waals surface area contributed by atoms with E-state index in [0.717, 1.165) is 33.1 Å². The van der Waals surface area contributed by atoms with Gasteiger partial charge in [-0.2, -0.15) is 0 Å². The van der Waals surface area contributed by atoms with Gasteiger partial charge in [0.25, 0.3) is 5.91 Å². The third-order valence-corrected chi connectivity index (χ3v) is 5.69.